The molecule has 5 aliphatic heterocycles. The number of amides is 4. The summed E-state index contributed by atoms with van der Waals surface area (Å²) in [5.41, 5.74) is 9.08. The number of imide groups is 1. The third-order valence-electron chi connectivity index (χ3n) is 14.3. The molecular weight excluding hydrogens is 1020 g/mol. The Hall–Kier alpha value is -8.26. The van der Waals surface area contributed by atoms with E-state index in [0.29, 0.717) is 104 Å². The van der Waals surface area contributed by atoms with Gasteiger partial charge < -0.3 is 15.5 Å². The molecular formula is C60H59N11O7S. The molecule has 1 fully saturated rings. The maximum absolute atomic E-state index is 14.8. The van der Waals surface area contributed by atoms with Gasteiger partial charge in [-0.05, 0) is 117 Å². The Morgan fingerprint density at radius 3 is 1.62 bits per heavy atom. The van der Waals surface area contributed by atoms with Crippen LogP contribution in [0.2, 0.25) is 0 Å². The highest BCUT2D eigenvalue weighted by Crippen LogP contribution is 2.28. The molecule has 0 aliphatic carbocycles. The number of unbranched alkanes of at least 4 members (excludes halogenated alkanes) is 2. The number of carbonyl (C=O) groups is 6. The number of rotatable bonds is 10. The summed E-state index contributed by atoms with van der Waals surface area (Å²) in [6.45, 7) is 2.50. The molecule has 0 radical (unpaired) electrons. The van der Waals surface area contributed by atoms with E-state index in [1.807, 2.05) is 91.0 Å². The highest BCUT2D eigenvalue weighted by atomic mass is 32.1. The van der Waals surface area contributed by atoms with E-state index in [2.05, 4.69) is 20.4 Å². The summed E-state index contributed by atoms with van der Waals surface area (Å²) in [7, 11) is 0. The number of nitrogens with zero attached hydrogens (tertiary/aromatic N) is 9. The second kappa shape index (κ2) is 24.2. The number of Topliss-reactive ketones (excluding diaryl/α,β-unsaturated/α-hetero) is 1. The highest BCUT2D eigenvalue weighted by Gasteiger charge is 2.33. The maximum atomic E-state index is 14.8. The minimum absolute atomic E-state index is 0.0295. The van der Waals surface area contributed by atoms with Crippen molar-refractivity contribution in [2.24, 2.45) is 0 Å². The molecule has 5 aliphatic rings. The molecule has 4 amide bonds. The van der Waals surface area contributed by atoms with Crippen molar-refractivity contribution in [2.45, 2.75) is 129 Å². The van der Waals surface area contributed by atoms with E-state index in [9.17, 15) is 28.8 Å². The molecule has 0 aromatic carbocycles. The molecule has 7 aromatic heterocycles. The van der Waals surface area contributed by atoms with Crippen molar-refractivity contribution in [3.8, 4) is 34.2 Å². The maximum Gasteiger partial charge on any atom is 0.333 e. The Kier molecular flexibility index (Phi) is 16.2. The lowest BCUT2D eigenvalue weighted by molar-refractivity contribution is -0.197. The fourth-order valence-electron chi connectivity index (χ4n) is 10.4. The zero-order valence-electron chi connectivity index (χ0n) is 43.7. The predicted molar refractivity (Wildman–Crippen MR) is 292 cm³/mol. The first-order chi connectivity index (χ1) is 38.5. The van der Waals surface area contributed by atoms with E-state index in [4.69, 9.17) is 34.7 Å². The number of carbonyl (C=O) groups excluding carboxylic acids is 6. The number of pyridine rings is 6. The number of hydrogen-bond acceptors (Lipinski definition) is 16. The number of aryl methyl sites for hydroxylation is 1. The summed E-state index contributed by atoms with van der Waals surface area (Å²) in [6, 6.07) is 34.1. The van der Waals surface area contributed by atoms with Crippen LogP contribution in [0.25, 0.3) is 34.2 Å². The molecule has 0 saturated carbocycles. The summed E-state index contributed by atoms with van der Waals surface area (Å²) in [5, 5.41) is 6.76. The van der Waals surface area contributed by atoms with Gasteiger partial charge in [0.1, 0.15) is 6.04 Å². The quantitative estimate of drug-likeness (QED) is 0.0969. The average molecular weight is 1080 g/mol. The van der Waals surface area contributed by atoms with Crippen molar-refractivity contribution in [1.29, 1.82) is 0 Å². The first kappa shape index (κ1) is 52.8. The summed E-state index contributed by atoms with van der Waals surface area (Å²) in [6.07, 6.45) is 5.60. The standard InChI is InChI=1S/C60H59N11O7S/c72-55-21-5-2-4-16-52(60(77)61-31-47-24-23-46(79-47)15-3-1-6-22-58(75)78-71-56(73)25-26-57(71)74)68-59(76)39-28-45-37-70-34-42-13-9-19-50(64-42)48-17-7-11-40(62-48)32-69(36-44-27-38(55)29-53(66-44)54(30-39)67-45)33-41-12-8-18-49(63-41)51-20-10-14-43(35-70)65-51/h7-14,17-20,23-24,27-30,52H,1-6,15-16,21-22,25-26,31-37H2,(H,61,77)(H,68,76). The van der Waals surface area contributed by atoms with Crippen LogP contribution in [0.1, 0.15) is 135 Å². The van der Waals surface area contributed by atoms with Crippen molar-refractivity contribution in [3.05, 3.63) is 164 Å². The summed E-state index contributed by atoms with van der Waals surface area (Å²) < 4.78 is 0. The van der Waals surface area contributed by atoms with Crippen molar-refractivity contribution < 1.29 is 33.6 Å². The van der Waals surface area contributed by atoms with Crippen LogP contribution in [0.3, 0.4) is 0 Å². The van der Waals surface area contributed by atoms with Crippen molar-refractivity contribution in [3.63, 3.8) is 0 Å². The Morgan fingerprint density at radius 2 is 1.05 bits per heavy atom. The second-order valence-electron chi connectivity index (χ2n) is 20.6. The largest absolute Gasteiger partial charge is 0.349 e. The van der Waals surface area contributed by atoms with Gasteiger partial charge in [0.25, 0.3) is 17.7 Å². The van der Waals surface area contributed by atoms with Crippen LogP contribution in [-0.2, 0) is 76.2 Å². The fourth-order valence-corrected chi connectivity index (χ4v) is 11.4. The van der Waals surface area contributed by atoms with E-state index in [0.717, 1.165) is 74.6 Å². The van der Waals surface area contributed by atoms with Gasteiger partial charge in [-0.15, -0.1) is 16.4 Å². The molecule has 12 heterocycles. The molecule has 402 valence electrons. The first-order valence-electron chi connectivity index (χ1n) is 27.1. The van der Waals surface area contributed by atoms with Crippen molar-refractivity contribution in [1.82, 2.24) is 55.4 Å². The van der Waals surface area contributed by atoms with E-state index in [1.54, 1.807) is 29.5 Å². The molecule has 1 saturated heterocycles. The minimum Gasteiger partial charge on any atom is -0.349 e. The Bertz CT molecular complexity index is 3360. The van der Waals surface area contributed by atoms with E-state index in [-0.39, 0.29) is 50.5 Å². The van der Waals surface area contributed by atoms with Crippen molar-refractivity contribution >= 4 is 46.7 Å². The zero-order valence-corrected chi connectivity index (χ0v) is 44.5. The average Bonchev–Trinajstić information content (AvgIpc) is 4.05. The van der Waals surface area contributed by atoms with Crippen LogP contribution < -0.4 is 10.6 Å². The van der Waals surface area contributed by atoms with Gasteiger partial charge in [-0.3, -0.25) is 33.8 Å². The van der Waals surface area contributed by atoms with Gasteiger partial charge in [0.05, 0.1) is 74.9 Å². The minimum atomic E-state index is -0.869. The molecule has 1 unspecified atom stereocenters. The van der Waals surface area contributed by atoms with Gasteiger partial charge in [0.2, 0.25) is 5.91 Å². The monoisotopic (exact) mass is 1080 g/mol. The molecule has 1 atom stereocenters. The van der Waals surface area contributed by atoms with Crippen LogP contribution in [0, 0.1) is 0 Å². The summed E-state index contributed by atoms with van der Waals surface area (Å²) in [5.74, 6) is -2.38. The predicted octanol–water partition coefficient (Wildman–Crippen LogP) is 8.42. The van der Waals surface area contributed by atoms with E-state index in [1.165, 1.54) is 0 Å². The third kappa shape index (κ3) is 13.4. The number of fused-ring (bicyclic) bond motifs is 2. The molecule has 0 spiro atoms. The fraction of sp³-hybridized carbons (Fsp3) is 0.333. The first-order valence-corrected chi connectivity index (χ1v) is 27.9. The van der Waals surface area contributed by atoms with E-state index < -0.39 is 29.7 Å². The normalized spacial score (nSPS) is 18.4. The highest BCUT2D eigenvalue weighted by molar-refractivity contribution is 7.12. The molecule has 79 heavy (non-hydrogen) atoms. The Labute approximate surface area is 461 Å². The van der Waals surface area contributed by atoms with E-state index >= 15 is 0 Å². The lowest BCUT2D eigenvalue weighted by Gasteiger charge is -2.24. The van der Waals surface area contributed by atoms with Crippen LogP contribution in [0.15, 0.2) is 109 Å². The second-order valence-corrected chi connectivity index (χ2v) is 21.8. The smallest absolute Gasteiger partial charge is 0.333 e. The van der Waals surface area contributed by atoms with Crippen LogP contribution in [0.5, 0.6) is 0 Å². The lowest BCUT2D eigenvalue weighted by Crippen LogP contribution is -2.46. The molecule has 19 heteroatoms. The zero-order chi connectivity index (χ0) is 54.2. The Morgan fingerprint density at radius 1 is 0.544 bits per heavy atom. The van der Waals surface area contributed by atoms with Crippen LogP contribution in [0.4, 0.5) is 0 Å². The lowest BCUT2D eigenvalue weighted by atomic mass is 10.0. The summed E-state index contributed by atoms with van der Waals surface area (Å²) in [4.78, 5) is 122. The SMILES string of the molecule is O=C(CCCCCc1ccc(CNC(=O)C2CCCCCC(=O)c3cc4nc(c3)-c3cc(cc(n3)CN3Cc5cccc(n5)-c5cccc(n5)CN(Cc5cccc(n5)-c5cccc(n5)C3)C4)C(=O)N2)s1)ON1C(=O)CCC1=O. The van der Waals surface area contributed by atoms with Crippen LogP contribution in [-0.4, -0.2) is 86.2 Å². The van der Waals surface area contributed by atoms with Crippen LogP contribution >= 0.6 is 11.3 Å². The third-order valence-corrected chi connectivity index (χ3v) is 15.5. The molecule has 7 aromatic rings. The van der Waals surface area contributed by atoms with Gasteiger partial charge in [-0.1, -0.05) is 43.5 Å². The molecule has 2 N–H and O–H groups in total. The van der Waals surface area contributed by atoms with Gasteiger partial charge in [-0.2, -0.15) is 0 Å². The van der Waals surface area contributed by atoms with Gasteiger partial charge in [0, 0.05) is 85.8 Å². The number of nitrogens with one attached hydrogen (secondary N) is 2. The van der Waals surface area contributed by atoms with Gasteiger partial charge in [0.15, 0.2) is 5.78 Å². The van der Waals surface area contributed by atoms with Gasteiger partial charge >= 0.3 is 5.97 Å². The summed E-state index contributed by atoms with van der Waals surface area (Å²) >= 11 is 1.59. The number of thiophene rings is 1. The Balaban J connectivity index is 0.878. The number of aromatic nitrogens is 6. The topological polar surface area (TPSA) is 223 Å². The number of hydroxylamine groups is 2. The molecule has 12 rings (SSSR count). The molecule has 16 bridgehead atoms. The number of hydrogen-bond donors (Lipinski definition) is 2. The van der Waals surface area contributed by atoms with Crippen molar-refractivity contribution in [2.75, 3.05) is 0 Å². The van der Waals surface area contributed by atoms with Gasteiger partial charge in [-0.25, -0.2) is 34.7 Å². The molecule has 18 nitrogen and oxygen atoms in total. The number of ketones is 1.